The van der Waals surface area contributed by atoms with Gasteiger partial charge in [0.15, 0.2) is 6.61 Å². The summed E-state index contributed by atoms with van der Waals surface area (Å²) in [5.74, 6) is 0.432. The standard InChI is InChI=1S/C20H20FN3O2/c21-15-6-7-18-19(12-15)24(14-22-18)16-8-10-23(11-9-16)20(25)13-26-17-4-2-1-3-5-17/h1-7,12,14,16H,8-11,13H2. The molecule has 0 saturated carbocycles. The minimum Gasteiger partial charge on any atom is -0.484 e. The summed E-state index contributed by atoms with van der Waals surface area (Å²) in [6, 6.07) is 14.2. The van der Waals surface area contributed by atoms with Gasteiger partial charge in [-0.2, -0.15) is 0 Å². The van der Waals surface area contributed by atoms with E-state index in [0.717, 1.165) is 23.9 Å². The van der Waals surface area contributed by atoms with E-state index in [1.165, 1.54) is 12.1 Å². The summed E-state index contributed by atoms with van der Waals surface area (Å²) in [5.41, 5.74) is 1.60. The van der Waals surface area contributed by atoms with Crippen molar-refractivity contribution in [3.8, 4) is 5.75 Å². The van der Waals surface area contributed by atoms with Crippen LogP contribution in [0.15, 0.2) is 54.9 Å². The zero-order valence-corrected chi connectivity index (χ0v) is 14.3. The number of halogens is 1. The molecule has 134 valence electrons. The zero-order valence-electron chi connectivity index (χ0n) is 14.3. The van der Waals surface area contributed by atoms with Gasteiger partial charge in [0.25, 0.3) is 5.91 Å². The van der Waals surface area contributed by atoms with Gasteiger partial charge in [-0.15, -0.1) is 0 Å². The molecule has 3 aromatic rings. The molecule has 5 nitrogen and oxygen atoms in total. The minimum atomic E-state index is -0.259. The Morgan fingerprint density at radius 2 is 1.92 bits per heavy atom. The lowest BCUT2D eigenvalue weighted by Crippen LogP contribution is -2.41. The van der Waals surface area contributed by atoms with Gasteiger partial charge in [0.05, 0.1) is 17.4 Å². The molecule has 0 bridgehead atoms. The van der Waals surface area contributed by atoms with Gasteiger partial charge < -0.3 is 14.2 Å². The molecular formula is C20H20FN3O2. The highest BCUT2D eigenvalue weighted by atomic mass is 19.1. The first-order chi connectivity index (χ1) is 12.7. The second-order valence-corrected chi connectivity index (χ2v) is 6.50. The smallest absolute Gasteiger partial charge is 0.260 e. The maximum Gasteiger partial charge on any atom is 0.260 e. The van der Waals surface area contributed by atoms with Crippen molar-refractivity contribution in [1.82, 2.24) is 14.5 Å². The second-order valence-electron chi connectivity index (χ2n) is 6.50. The number of amides is 1. The molecule has 6 heteroatoms. The first-order valence-electron chi connectivity index (χ1n) is 8.78. The summed E-state index contributed by atoms with van der Waals surface area (Å²) in [6.07, 6.45) is 3.41. The Labute approximate surface area is 151 Å². The van der Waals surface area contributed by atoms with E-state index < -0.39 is 0 Å². The van der Waals surface area contributed by atoms with E-state index >= 15 is 0 Å². The molecule has 2 heterocycles. The topological polar surface area (TPSA) is 47.4 Å². The lowest BCUT2D eigenvalue weighted by atomic mass is 10.0. The third-order valence-electron chi connectivity index (χ3n) is 4.85. The molecule has 1 aliphatic rings. The highest BCUT2D eigenvalue weighted by Gasteiger charge is 2.25. The number of hydrogen-bond donors (Lipinski definition) is 0. The first-order valence-corrected chi connectivity index (χ1v) is 8.78. The lowest BCUT2D eigenvalue weighted by molar-refractivity contribution is -0.134. The third kappa shape index (κ3) is 3.40. The predicted octanol–water partition coefficient (Wildman–Crippen LogP) is 3.42. The molecule has 1 aromatic heterocycles. The van der Waals surface area contributed by atoms with Crippen LogP contribution in [-0.4, -0.2) is 40.1 Å². The van der Waals surface area contributed by atoms with Crippen molar-refractivity contribution in [3.63, 3.8) is 0 Å². The van der Waals surface area contributed by atoms with Crippen LogP contribution in [0.5, 0.6) is 5.75 Å². The number of carbonyl (C=O) groups excluding carboxylic acids is 1. The number of benzene rings is 2. The van der Waals surface area contributed by atoms with Crippen molar-refractivity contribution in [1.29, 1.82) is 0 Å². The number of imidazole rings is 1. The molecule has 1 aliphatic heterocycles. The Hall–Kier alpha value is -2.89. The fourth-order valence-electron chi connectivity index (χ4n) is 3.44. The number of nitrogens with zero attached hydrogens (tertiary/aromatic N) is 3. The second kappa shape index (κ2) is 7.15. The van der Waals surface area contributed by atoms with Crippen LogP contribution in [-0.2, 0) is 4.79 Å². The maximum absolute atomic E-state index is 13.5. The van der Waals surface area contributed by atoms with Gasteiger partial charge in [0, 0.05) is 19.1 Å². The van der Waals surface area contributed by atoms with Gasteiger partial charge in [0.2, 0.25) is 0 Å². The van der Waals surface area contributed by atoms with Crippen LogP contribution < -0.4 is 4.74 Å². The Kier molecular flexibility index (Phi) is 4.56. The van der Waals surface area contributed by atoms with Crippen LogP contribution in [0, 0.1) is 5.82 Å². The molecule has 0 N–H and O–H groups in total. The molecule has 0 atom stereocenters. The van der Waals surface area contributed by atoms with E-state index in [4.69, 9.17) is 4.74 Å². The number of hydrogen-bond acceptors (Lipinski definition) is 3. The van der Waals surface area contributed by atoms with E-state index in [9.17, 15) is 9.18 Å². The van der Waals surface area contributed by atoms with Gasteiger partial charge >= 0.3 is 0 Å². The number of ether oxygens (including phenoxy) is 1. The molecule has 2 aromatic carbocycles. The number of likely N-dealkylation sites (tertiary alicyclic amines) is 1. The molecule has 1 fully saturated rings. The Balaban J connectivity index is 1.36. The number of piperidine rings is 1. The van der Waals surface area contributed by atoms with Crippen molar-refractivity contribution >= 4 is 16.9 Å². The molecular weight excluding hydrogens is 333 g/mol. The summed E-state index contributed by atoms with van der Waals surface area (Å²) in [6.45, 7) is 1.38. The number of rotatable bonds is 4. The molecule has 0 unspecified atom stereocenters. The van der Waals surface area contributed by atoms with E-state index in [-0.39, 0.29) is 24.4 Å². The fourth-order valence-corrected chi connectivity index (χ4v) is 3.44. The van der Waals surface area contributed by atoms with Crippen LogP contribution >= 0.6 is 0 Å². The highest BCUT2D eigenvalue weighted by molar-refractivity contribution is 5.78. The van der Waals surface area contributed by atoms with Crippen LogP contribution in [0.4, 0.5) is 4.39 Å². The Morgan fingerprint density at radius 3 is 2.69 bits per heavy atom. The first kappa shape index (κ1) is 16.6. The molecule has 26 heavy (non-hydrogen) atoms. The third-order valence-corrected chi connectivity index (χ3v) is 4.85. The molecule has 1 saturated heterocycles. The van der Waals surface area contributed by atoms with Crippen molar-refractivity contribution in [3.05, 3.63) is 60.7 Å². The van der Waals surface area contributed by atoms with Crippen molar-refractivity contribution in [2.45, 2.75) is 18.9 Å². The van der Waals surface area contributed by atoms with Gasteiger partial charge in [-0.05, 0) is 43.2 Å². The normalized spacial score (nSPS) is 15.3. The minimum absolute atomic E-state index is 0.00571. The molecule has 4 rings (SSSR count). The molecule has 1 amide bonds. The van der Waals surface area contributed by atoms with Crippen LogP contribution in [0.3, 0.4) is 0 Å². The summed E-state index contributed by atoms with van der Waals surface area (Å²) in [5, 5.41) is 0. The zero-order chi connectivity index (χ0) is 17.9. The Morgan fingerprint density at radius 1 is 1.15 bits per heavy atom. The van der Waals surface area contributed by atoms with Crippen LogP contribution in [0.1, 0.15) is 18.9 Å². The molecule has 0 radical (unpaired) electrons. The number of para-hydroxylation sites is 1. The SMILES string of the molecule is O=C(COc1ccccc1)N1CCC(n2cnc3ccc(F)cc32)CC1. The van der Waals surface area contributed by atoms with E-state index in [0.29, 0.717) is 18.8 Å². The number of fused-ring (bicyclic) bond motifs is 1. The van der Waals surface area contributed by atoms with E-state index in [2.05, 4.69) is 4.98 Å². The van der Waals surface area contributed by atoms with Crippen molar-refractivity contribution in [2.24, 2.45) is 0 Å². The van der Waals surface area contributed by atoms with Crippen LogP contribution in [0.2, 0.25) is 0 Å². The van der Waals surface area contributed by atoms with Gasteiger partial charge in [-0.1, -0.05) is 18.2 Å². The van der Waals surface area contributed by atoms with E-state index in [1.807, 2.05) is 39.8 Å². The molecule has 0 spiro atoms. The summed E-state index contributed by atoms with van der Waals surface area (Å²) in [4.78, 5) is 18.5. The fraction of sp³-hybridized carbons (Fsp3) is 0.300. The van der Waals surface area contributed by atoms with Gasteiger partial charge in [-0.3, -0.25) is 4.79 Å². The summed E-state index contributed by atoms with van der Waals surface area (Å²) < 4.78 is 21.1. The van der Waals surface area contributed by atoms with Crippen molar-refractivity contribution in [2.75, 3.05) is 19.7 Å². The van der Waals surface area contributed by atoms with Crippen molar-refractivity contribution < 1.29 is 13.9 Å². The Bertz CT molecular complexity index is 902. The van der Waals surface area contributed by atoms with Gasteiger partial charge in [-0.25, -0.2) is 9.37 Å². The molecule has 0 aliphatic carbocycles. The number of carbonyl (C=O) groups is 1. The monoisotopic (exact) mass is 353 g/mol. The highest BCUT2D eigenvalue weighted by Crippen LogP contribution is 2.27. The quantitative estimate of drug-likeness (QED) is 0.722. The maximum atomic E-state index is 13.5. The summed E-state index contributed by atoms with van der Waals surface area (Å²) >= 11 is 0. The average molecular weight is 353 g/mol. The van der Waals surface area contributed by atoms with E-state index in [1.54, 1.807) is 12.4 Å². The van der Waals surface area contributed by atoms with Gasteiger partial charge in [0.1, 0.15) is 11.6 Å². The predicted molar refractivity (Wildman–Crippen MR) is 96.5 cm³/mol. The average Bonchev–Trinajstić information content (AvgIpc) is 3.10. The summed E-state index contributed by atoms with van der Waals surface area (Å²) in [7, 11) is 0. The van der Waals surface area contributed by atoms with Crippen LogP contribution in [0.25, 0.3) is 11.0 Å². The number of aromatic nitrogens is 2. The largest absolute Gasteiger partial charge is 0.484 e. The lowest BCUT2D eigenvalue weighted by Gasteiger charge is -2.32.